The molecule has 0 saturated carbocycles. The van der Waals surface area contributed by atoms with Gasteiger partial charge < -0.3 is 15.3 Å². The largest absolute Gasteiger partial charge is 0.390 e. The quantitative estimate of drug-likeness (QED) is 0.643. The van der Waals surface area contributed by atoms with Gasteiger partial charge >= 0.3 is 0 Å². The zero-order valence-electron chi connectivity index (χ0n) is 9.05. The van der Waals surface area contributed by atoms with Crippen LogP contribution in [0.3, 0.4) is 0 Å². The molecule has 3 heteroatoms. The molecule has 0 aliphatic heterocycles. The Morgan fingerprint density at radius 3 is 2.00 bits per heavy atom. The molecule has 0 saturated heterocycles. The third-order valence-corrected chi connectivity index (χ3v) is 2.66. The topological polar surface area (TPSA) is 35.5 Å². The average molecular weight is 174 g/mol. The zero-order valence-corrected chi connectivity index (χ0v) is 9.05. The fourth-order valence-corrected chi connectivity index (χ4v) is 1.03. The molecule has 0 aliphatic rings. The fraction of sp³-hybridized carbons (Fsp3) is 1.00. The van der Waals surface area contributed by atoms with Gasteiger partial charge in [-0.2, -0.15) is 0 Å². The zero-order chi connectivity index (χ0) is 9.94. The number of hydrogen-bond acceptors (Lipinski definition) is 3. The second-order valence-corrected chi connectivity index (χ2v) is 4.12. The summed E-state index contributed by atoms with van der Waals surface area (Å²) in [4.78, 5) is 2.02. The van der Waals surface area contributed by atoms with Gasteiger partial charge in [0.2, 0.25) is 0 Å². The second kappa shape index (κ2) is 4.21. The van der Waals surface area contributed by atoms with Gasteiger partial charge in [-0.3, -0.25) is 0 Å². The molecule has 74 valence electrons. The molecular weight excluding hydrogens is 152 g/mol. The summed E-state index contributed by atoms with van der Waals surface area (Å²) < 4.78 is 0. The molecule has 0 bridgehead atoms. The first-order valence-corrected chi connectivity index (χ1v) is 4.36. The van der Waals surface area contributed by atoms with Crippen LogP contribution in [0.25, 0.3) is 0 Å². The molecule has 0 radical (unpaired) electrons. The summed E-state index contributed by atoms with van der Waals surface area (Å²) in [6.07, 6.45) is -0.363. The molecule has 0 rings (SSSR count). The summed E-state index contributed by atoms with van der Waals surface area (Å²) >= 11 is 0. The van der Waals surface area contributed by atoms with Crippen LogP contribution in [0.5, 0.6) is 0 Å². The van der Waals surface area contributed by atoms with Crippen molar-refractivity contribution in [1.82, 2.24) is 10.2 Å². The van der Waals surface area contributed by atoms with E-state index in [-0.39, 0.29) is 17.7 Å². The first-order valence-electron chi connectivity index (χ1n) is 4.36. The summed E-state index contributed by atoms with van der Waals surface area (Å²) in [5, 5.41) is 13.0. The first-order chi connectivity index (χ1) is 5.33. The highest BCUT2D eigenvalue weighted by Crippen LogP contribution is 2.14. The van der Waals surface area contributed by atoms with E-state index in [0.717, 1.165) is 0 Å². The van der Waals surface area contributed by atoms with Crippen LogP contribution in [0.2, 0.25) is 0 Å². The van der Waals surface area contributed by atoms with Gasteiger partial charge in [0.1, 0.15) is 0 Å². The van der Waals surface area contributed by atoms with Crippen LogP contribution in [0.15, 0.2) is 0 Å². The molecule has 0 heterocycles. The van der Waals surface area contributed by atoms with E-state index in [2.05, 4.69) is 5.32 Å². The van der Waals surface area contributed by atoms with Gasteiger partial charge in [0.25, 0.3) is 0 Å². The van der Waals surface area contributed by atoms with E-state index in [0.29, 0.717) is 0 Å². The van der Waals surface area contributed by atoms with Gasteiger partial charge in [0.05, 0.1) is 6.10 Å². The molecule has 0 aromatic carbocycles. The Morgan fingerprint density at radius 2 is 1.75 bits per heavy atom. The highest BCUT2D eigenvalue weighted by Gasteiger charge is 2.31. The van der Waals surface area contributed by atoms with Crippen molar-refractivity contribution < 1.29 is 5.11 Å². The third-order valence-electron chi connectivity index (χ3n) is 2.66. The summed E-state index contributed by atoms with van der Waals surface area (Å²) in [7, 11) is 5.81. The van der Waals surface area contributed by atoms with Gasteiger partial charge in [0, 0.05) is 11.6 Å². The molecule has 0 aromatic heterocycles. The van der Waals surface area contributed by atoms with Crippen LogP contribution >= 0.6 is 0 Å². The summed E-state index contributed by atoms with van der Waals surface area (Å²) in [5.74, 6) is 0. The lowest BCUT2D eigenvalue weighted by Crippen LogP contribution is -2.55. The minimum absolute atomic E-state index is 0.160. The molecule has 2 unspecified atom stereocenters. The monoisotopic (exact) mass is 174 g/mol. The minimum Gasteiger partial charge on any atom is -0.390 e. The van der Waals surface area contributed by atoms with Crippen molar-refractivity contribution in [3.05, 3.63) is 0 Å². The van der Waals surface area contributed by atoms with Crippen molar-refractivity contribution in [3.63, 3.8) is 0 Å². The third kappa shape index (κ3) is 2.73. The molecule has 2 atom stereocenters. The molecule has 3 nitrogen and oxygen atoms in total. The van der Waals surface area contributed by atoms with Crippen LogP contribution in [0.1, 0.15) is 20.8 Å². The van der Waals surface area contributed by atoms with E-state index in [1.807, 2.05) is 46.8 Å². The fourth-order valence-electron chi connectivity index (χ4n) is 1.03. The molecule has 0 spiro atoms. The van der Waals surface area contributed by atoms with Crippen LogP contribution in [0, 0.1) is 0 Å². The van der Waals surface area contributed by atoms with E-state index in [4.69, 9.17) is 0 Å². The maximum atomic E-state index is 9.91. The second-order valence-electron chi connectivity index (χ2n) is 4.12. The van der Waals surface area contributed by atoms with Gasteiger partial charge in [0.15, 0.2) is 0 Å². The van der Waals surface area contributed by atoms with Crippen molar-refractivity contribution in [2.75, 3.05) is 21.1 Å². The van der Waals surface area contributed by atoms with Gasteiger partial charge in [-0.15, -0.1) is 0 Å². The molecule has 0 fully saturated rings. The maximum absolute atomic E-state index is 9.91. The molecule has 0 aliphatic carbocycles. The van der Waals surface area contributed by atoms with Gasteiger partial charge in [-0.1, -0.05) is 0 Å². The standard InChI is InChI=1S/C9H22N2O/c1-7(11(5)6)8(12)9(2,3)10-4/h7-8,10,12H,1-6H3. The van der Waals surface area contributed by atoms with Crippen LogP contribution < -0.4 is 5.32 Å². The summed E-state index contributed by atoms with van der Waals surface area (Å²) in [5.41, 5.74) is -0.232. The molecule has 0 amide bonds. The number of nitrogens with zero attached hydrogens (tertiary/aromatic N) is 1. The number of hydrogen-bond donors (Lipinski definition) is 2. The van der Waals surface area contributed by atoms with E-state index in [9.17, 15) is 5.11 Å². The summed E-state index contributed by atoms with van der Waals surface area (Å²) in [6, 6.07) is 0.160. The Balaban J connectivity index is 4.27. The highest BCUT2D eigenvalue weighted by molar-refractivity contribution is 4.90. The van der Waals surface area contributed by atoms with Crippen molar-refractivity contribution >= 4 is 0 Å². The lowest BCUT2D eigenvalue weighted by molar-refractivity contribution is 0.0218. The number of aliphatic hydroxyl groups excluding tert-OH is 1. The molecule has 0 aromatic rings. The lowest BCUT2D eigenvalue weighted by atomic mass is 9.92. The van der Waals surface area contributed by atoms with E-state index < -0.39 is 0 Å². The average Bonchev–Trinajstić information content (AvgIpc) is 2.01. The Bertz CT molecular complexity index is 134. The summed E-state index contributed by atoms with van der Waals surface area (Å²) in [6.45, 7) is 6.01. The van der Waals surface area contributed by atoms with E-state index >= 15 is 0 Å². The molecular formula is C9H22N2O. The smallest absolute Gasteiger partial charge is 0.0868 e. The van der Waals surface area contributed by atoms with E-state index in [1.165, 1.54) is 0 Å². The van der Waals surface area contributed by atoms with Crippen molar-refractivity contribution in [2.45, 2.75) is 38.5 Å². The van der Waals surface area contributed by atoms with Gasteiger partial charge in [-0.25, -0.2) is 0 Å². The van der Waals surface area contributed by atoms with Crippen LogP contribution in [-0.4, -0.2) is 48.8 Å². The minimum atomic E-state index is -0.363. The first kappa shape index (κ1) is 11.9. The van der Waals surface area contributed by atoms with E-state index in [1.54, 1.807) is 0 Å². The number of aliphatic hydroxyl groups is 1. The van der Waals surface area contributed by atoms with Crippen molar-refractivity contribution in [2.24, 2.45) is 0 Å². The predicted octanol–water partition coefficient (Wildman–Crippen LogP) is 0.295. The van der Waals surface area contributed by atoms with Crippen LogP contribution in [0.4, 0.5) is 0 Å². The Hall–Kier alpha value is -0.120. The Labute approximate surface area is 75.8 Å². The van der Waals surface area contributed by atoms with Crippen molar-refractivity contribution in [3.8, 4) is 0 Å². The van der Waals surface area contributed by atoms with Gasteiger partial charge in [-0.05, 0) is 41.9 Å². The normalized spacial score (nSPS) is 18.0. The number of rotatable bonds is 4. The van der Waals surface area contributed by atoms with Crippen LogP contribution in [-0.2, 0) is 0 Å². The Morgan fingerprint density at radius 1 is 1.33 bits per heavy atom. The Kier molecular flexibility index (Phi) is 4.17. The number of nitrogens with one attached hydrogen (secondary N) is 1. The maximum Gasteiger partial charge on any atom is 0.0868 e. The van der Waals surface area contributed by atoms with Crippen molar-refractivity contribution in [1.29, 1.82) is 0 Å². The predicted molar refractivity (Wildman–Crippen MR) is 52.3 cm³/mol. The lowest BCUT2D eigenvalue weighted by Gasteiger charge is -2.37. The molecule has 12 heavy (non-hydrogen) atoms. The highest BCUT2D eigenvalue weighted by atomic mass is 16.3. The SMILES string of the molecule is CNC(C)(C)C(O)C(C)N(C)C. The molecule has 2 N–H and O–H groups in total. The number of likely N-dealkylation sites (N-methyl/N-ethyl adjacent to an activating group) is 2.